The number of aliphatic hydroxyl groups is 2. The number of halogens is 2. The van der Waals surface area contributed by atoms with Crippen molar-refractivity contribution < 1.29 is 14.9 Å². The van der Waals surface area contributed by atoms with Gasteiger partial charge in [0.2, 0.25) is 0 Å². The molecule has 10 heteroatoms. The van der Waals surface area contributed by atoms with Gasteiger partial charge in [0.25, 0.3) is 0 Å². The Morgan fingerprint density at radius 3 is 2.74 bits per heavy atom. The molecule has 0 saturated carbocycles. The molecule has 8 nitrogen and oxygen atoms in total. The van der Waals surface area contributed by atoms with E-state index in [4.69, 9.17) is 27.2 Å². The van der Waals surface area contributed by atoms with Crippen molar-refractivity contribution in [2.45, 2.75) is 30.7 Å². The van der Waals surface area contributed by atoms with Crippen LogP contribution in [0.2, 0.25) is 0 Å². The average molecular weight is 313 g/mol. The zero-order chi connectivity index (χ0) is 13.4. The van der Waals surface area contributed by atoms with Gasteiger partial charge in [-0.3, -0.25) is 0 Å². The largest absolute Gasteiger partial charge is 0.394 e. The van der Waals surface area contributed by atoms with Gasteiger partial charge in [-0.1, -0.05) is 0 Å². The summed E-state index contributed by atoms with van der Waals surface area (Å²) in [7, 11) is 0. The normalized spacial score (nSPS) is 30.1. The second-order valence-corrected chi connectivity index (χ2v) is 4.50. The molecule has 4 atom stereocenters. The van der Waals surface area contributed by atoms with Gasteiger partial charge in [0.1, 0.15) is 23.3 Å². The van der Waals surface area contributed by atoms with Crippen LogP contribution in [-0.2, 0) is 4.74 Å². The van der Waals surface area contributed by atoms with E-state index < -0.39 is 36.1 Å². The Morgan fingerprint density at radius 2 is 2.21 bits per heavy atom. The minimum Gasteiger partial charge on any atom is -0.394 e. The van der Waals surface area contributed by atoms with Crippen LogP contribution >= 0.6 is 24.0 Å². The summed E-state index contributed by atoms with van der Waals surface area (Å²) in [6.07, 6.45) is -2.93. The monoisotopic (exact) mass is 312 g/mol. The predicted octanol–water partition coefficient (Wildman–Crippen LogP) is -1.19. The Morgan fingerprint density at radius 1 is 1.58 bits per heavy atom. The predicted molar refractivity (Wildman–Crippen MR) is 69.3 cm³/mol. The first kappa shape index (κ1) is 16.1. The molecule has 0 amide bonds. The fraction of sp³-hybridized carbons (Fsp3) is 0.667. The molecule has 2 heterocycles. The smallest absolute Gasteiger partial charge is 0.368 e. The maximum absolute atomic E-state index is 11.7. The Balaban J connectivity index is 0.00000180. The summed E-state index contributed by atoms with van der Waals surface area (Å²) in [4.78, 5) is 15.2. The molecule has 1 aromatic rings. The average Bonchev–Trinajstić information content (AvgIpc) is 2.61. The van der Waals surface area contributed by atoms with Crippen LogP contribution in [0.1, 0.15) is 11.9 Å². The number of aromatic nitrogens is 3. The fourth-order valence-electron chi connectivity index (χ4n) is 1.71. The lowest BCUT2D eigenvalue weighted by Gasteiger charge is -2.15. The maximum atomic E-state index is 11.7. The van der Waals surface area contributed by atoms with Gasteiger partial charge in [-0.15, -0.1) is 24.0 Å². The third-order valence-electron chi connectivity index (χ3n) is 2.76. The maximum Gasteiger partial charge on any atom is 0.368 e. The number of rotatable bonds is 2. The first-order chi connectivity index (χ1) is 8.45. The lowest BCUT2D eigenvalue weighted by atomic mass is 10.2. The van der Waals surface area contributed by atoms with Crippen molar-refractivity contribution in [1.82, 2.24) is 14.8 Å². The van der Waals surface area contributed by atoms with Gasteiger partial charge in [0.15, 0.2) is 12.0 Å². The van der Waals surface area contributed by atoms with Crippen LogP contribution in [0.3, 0.4) is 0 Å². The van der Waals surface area contributed by atoms with Crippen molar-refractivity contribution in [2.75, 3.05) is 12.3 Å². The summed E-state index contributed by atoms with van der Waals surface area (Å²) in [5.74, 6) is 0.0274. The molecule has 1 aliphatic heterocycles. The molecule has 1 saturated heterocycles. The van der Waals surface area contributed by atoms with Crippen LogP contribution in [0.5, 0.6) is 0 Å². The molecule has 0 aromatic carbocycles. The third-order valence-corrected chi connectivity index (χ3v) is 3.23. The number of nitrogens with zero attached hydrogens (tertiary/aromatic N) is 3. The van der Waals surface area contributed by atoms with Crippen LogP contribution in [0.15, 0.2) is 4.79 Å². The summed E-state index contributed by atoms with van der Waals surface area (Å²) in [5.41, 5.74) is 5.08. The summed E-state index contributed by atoms with van der Waals surface area (Å²) in [6, 6.07) is 0. The molecule has 108 valence electrons. The molecule has 0 radical (unpaired) electrons. The number of nitrogen functional groups attached to an aromatic ring is 1. The molecule has 1 aromatic heterocycles. The Hall–Kier alpha value is -0.930. The van der Waals surface area contributed by atoms with Gasteiger partial charge in [-0.2, -0.15) is 14.8 Å². The van der Waals surface area contributed by atoms with E-state index in [-0.39, 0.29) is 18.2 Å². The summed E-state index contributed by atoms with van der Waals surface area (Å²) >= 11 is 5.96. The number of aliphatic hydroxyl groups excluding tert-OH is 2. The van der Waals surface area contributed by atoms with Gasteiger partial charge in [-0.05, 0) is 6.92 Å². The summed E-state index contributed by atoms with van der Waals surface area (Å²) in [6.45, 7) is 1.17. The summed E-state index contributed by atoms with van der Waals surface area (Å²) < 4.78 is 6.20. The van der Waals surface area contributed by atoms with Crippen molar-refractivity contribution in [3.05, 3.63) is 16.2 Å². The molecule has 19 heavy (non-hydrogen) atoms. The fourth-order valence-corrected chi connectivity index (χ4v) is 2.04. The minimum absolute atomic E-state index is 0. The van der Waals surface area contributed by atoms with E-state index in [0.717, 1.165) is 4.68 Å². The van der Waals surface area contributed by atoms with Gasteiger partial charge in [0, 0.05) is 0 Å². The van der Waals surface area contributed by atoms with E-state index in [2.05, 4.69) is 10.1 Å². The van der Waals surface area contributed by atoms with E-state index in [1.54, 1.807) is 6.92 Å². The number of aryl methyl sites for hydroxylation is 1. The second-order valence-electron chi connectivity index (χ2n) is 3.99. The quantitative estimate of drug-likeness (QED) is 0.586. The van der Waals surface area contributed by atoms with E-state index in [0.29, 0.717) is 5.69 Å². The highest BCUT2D eigenvalue weighted by Gasteiger charge is 2.44. The first-order valence-electron chi connectivity index (χ1n) is 5.27. The van der Waals surface area contributed by atoms with Crippen molar-refractivity contribution in [3.8, 4) is 0 Å². The highest BCUT2D eigenvalue weighted by Crippen LogP contribution is 2.31. The summed E-state index contributed by atoms with van der Waals surface area (Å²) in [5, 5.41) is 21.7. The zero-order valence-corrected chi connectivity index (χ0v) is 11.5. The van der Waals surface area contributed by atoms with Crippen LogP contribution < -0.4 is 11.4 Å². The van der Waals surface area contributed by atoms with Crippen LogP contribution in [-0.4, -0.2) is 49.2 Å². The molecule has 4 N–H and O–H groups in total. The molecule has 1 aliphatic rings. The standard InChI is InChI=1S/C9H13ClN4O4.ClH/c1-3-7(11)12-9(17)14(13-3)8-5(10)6(16)4(2-15)18-8;/h4-6,8,15-16H,2H2,1H3,(H2,11,12,17);1H/t4-,5+,6-,8-;/m1./s1. The molecule has 0 unspecified atom stereocenters. The Bertz CT molecular complexity index is 511. The topological polar surface area (TPSA) is 123 Å². The van der Waals surface area contributed by atoms with Gasteiger partial charge >= 0.3 is 5.69 Å². The molecule has 0 spiro atoms. The van der Waals surface area contributed by atoms with Gasteiger partial charge < -0.3 is 20.7 Å². The highest BCUT2D eigenvalue weighted by molar-refractivity contribution is 6.21. The molecule has 0 aliphatic carbocycles. The van der Waals surface area contributed by atoms with Crippen LogP contribution in [0, 0.1) is 6.92 Å². The number of alkyl halides is 1. The van der Waals surface area contributed by atoms with E-state index >= 15 is 0 Å². The van der Waals surface area contributed by atoms with E-state index in [1.807, 2.05) is 0 Å². The minimum atomic E-state index is -1.09. The molecular formula is C9H14Cl2N4O4. The van der Waals surface area contributed by atoms with Gasteiger partial charge in [-0.25, -0.2) is 4.79 Å². The number of ether oxygens (including phenoxy) is 1. The lowest BCUT2D eigenvalue weighted by molar-refractivity contribution is -0.0505. The number of anilines is 1. The molecule has 1 fully saturated rings. The van der Waals surface area contributed by atoms with Crippen LogP contribution in [0.4, 0.5) is 5.82 Å². The van der Waals surface area contributed by atoms with Crippen molar-refractivity contribution >= 4 is 29.8 Å². The highest BCUT2D eigenvalue weighted by atomic mass is 35.5. The third kappa shape index (κ3) is 2.82. The van der Waals surface area contributed by atoms with E-state index in [1.165, 1.54) is 0 Å². The van der Waals surface area contributed by atoms with Crippen LogP contribution in [0.25, 0.3) is 0 Å². The van der Waals surface area contributed by atoms with Crippen molar-refractivity contribution in [2.24, 2.45) is 0 Å². The first-order valence-corrected chi connectivity index (χ1v) is 5.70. The number of nitrogens with two attached hydrogens (primary N) is 1. The lowest BCUT2D eigenvalue weighted by Crippen LogP contribution is -2.35. The molecular weight excluding hydrogens is 299 g/mol. The Labute approximate surface area is 119 Å². The number of hydrogen-bond donors (Lipinski definition) is 3. The number of hydrogen-bond acceptors (Lipinski definition) is 7. The van der Waals surface area contributed by atoms with Crippen molar-refractivity contribution in [3.63, 3.8) is 0 Å². The zero-order valence-electron chi connectivity index (χ0n) is 9.93. The Kier molecular flexibility index (Phi) is 5.11. The SMILES string of the molecule is Cc1nn([C@@H]2O[C@H](CO)[C@@H](O)[C@@H]2Cl)c(=O)nc1N.Cl. The van der Waals surface area contributed by atoms with E-state index in [9.17, 15) is 9.90 Å². The van der Waals surface area contributed by atoms with Crippen molar-refractivity contribution in [1.29, 1.82) is 0 Å². The van der Waals surface area contributed by atoms with Gasteiger partial charge in [0.05, 0.1) is 6.61 Å². The molecule has 2 rings (SSSR count). The second kappa shape index (κ2) is 6.02. The molecule has 0 bridgehead atoms.